The zero-order valence-electron chi connectivity index (χ0n) is 26.0. The minimum Gasteiger partial charge on any atom is -0.309 e. The van der Waals surface area contributed by atoms with Gasteiger partial charge >= 0.3 is 0 Å². The highest BCUT2D eigenvalue weighted by Crippen LogP contribution is 2.42. The van der Waals surface area contributed by atoms with Gasteiger partial charge in [-0.3, -0.25) is 0 Å². The Labute approximate surface area is 276 Å². The summed E-state index contributed by atoms with van der Waals surface area (Å²) in [5, 5.41) is 5.94. The van der Waals surface area contributed by atoms with Crippen molar-refractivity contribution >= 4 is 54.5 Å². The van der Waals surface area contributed by atoms with Gasteiger partial charge in [0.05, 0.1) is 33.3 Å². The van der Waals surface area contributed by atoms with Crippen molar-refractivity contribution < 1.29 is 0 Å². The smallest absolute Gasteiger partial charge is 0.160 e. The van der Waals surface area contributed by atoms with Crippen LogP contribution < -0.4 is 0 Å². The summed E-state index contributed by atoms with van der Waals surface area (Å²) in [6.07, 6.45) is 0. The van der Waals surface area contributed by atoms with E-state index in [0.29, 0.717) is 0 Å². The monoisotopic (exact) mass is 612 g/mol. The van der Waals surface area contributed by atoms with Crippen LogP contribution in [0.15, 0.2) is 170 Å². The Morgan fingerprint density at radius 2 is 0.979 bits per heavy atom. The minimum absolute atomic E-state index is 0.717. The molecule has 0 unspecified atom stereocenters. The van der Waals surface area contributed by atoms with E-state index in [1.165, 1.54) is 38.1 Å². The second-order valence-corrected chi connectivity index (χ2v) is 12.2. The molecule has 0 aliphatic carbocycles. The maximum absolute atomic E-state index is 5.19. The highest BCUT2D eigenvalue weighted by Gasteiger charge is 2.21. The molecule has 0 aliphatic rings. The summed E-state index contributed by atoms with van der Waals surface area (Å²) in [5.41, 5.74) is 10.8. The van der Waals surface area contributed by atoms with E-state index in [9.17, 15) is 0 Å². The number of benzene rings is 7. The van der Waals surface area contributed by atoms with Gasteiger partial charge in [-0.2, -0.15) is 0 Å². The van der Waals surface area contributed by atoms with Crippen molar-refractivity contribution in [3.63, 3.8) is 0 Å². The van der Waals surface area contributed by atoms with Gasteiger partial charge < -0.3 is 9.13 Å². The molecule has 48 heavy (non-hydrogen) atoms. The summed E-state index contributed by atoms with van der Waals surface area (Å²) in [6, 6.07) is 60.0. The van der Waals surface area contributed by atoms with Gasteiger partial charge in [0.25, 0.3) is 0 Å². The zero-order chi connectivity index (χ0) is 31.6. The van der Waals surface area contributed by atoms with Crippen LogP contribution in [0.2, 0.25) is 0 Å². The van der Waals surface area contributed by atoms with Gasteiger partial charge in [-0.25, -0.2) is 9.97 Å². The van der Waals surface area contributed by atoms with E-state index >= 15 is 0 Å². The molecule has 0 saturated carbocycles. The standard InChI is InChI=1S/C44H28N4/c1-4-14-29(15-5-1)42-35-25-24-32(28-37(35)45-44(46-42)30-16-6-2-7-17-30)48-38-22-12-10-20-33(38)34-26-27-40-41(43(34)48)36-21-11-13-23-39(36)47(40)31-18-8-3-9-19-31/h1-28H. The van der Waals surface area contributed by atoms with Crippen LogP contribution in [0, 0.1) is 0 Å². The van der Waals surface area contributed by atoms with Gasteiger partial charge in [0.2, 0.25) is 0 Å². The van der Waals surface area contributed by atoms with E-state index in [1.807, 2.05) is 24.3 Å². The lowest BCUT2D eigenvalue weighted by atomic mass is 10.0. The van der Waals surface area contributed by atoms with Gasteiger partial charge in [-0.05, 0) is 48.5 Å². The van der Waals surface area contributed by atoms with Crippen LogP contribution in [0.5, 0.6) is 0 Å². The van der Waals surface area contributed by atoms with E-state index in [4.69, 9.17) is 9.97 Å². The predicted octanol–water partition coefficient (Wildman–Crippen LogP) is 11.2. The Morgan fingerprint density at radius 3 is 1.73 bits per heavy atom. The van der Waals surface area contributed by atoms with Gasteiger partial charge in [-0.1, -0.05) is 121 Å². The minimum atomic E-state index is 0.717. The molecular formula is C44H28N4. The van der Waals surface area contributed by atoms with Crippen LogP contribution in [0.25, 0.3) is 88.5 Å². The highest BCUT2D eigenvalue weighted by molar-refractivity contribution is 6.26. The van der Waals surface area contributed by atoms with Crippen molar-refractivity contribution in [1.29, 1.82) is 0 Å². The lowest BCUT2D eigenvalue weighted by Crippen LogP contribution is -1.98. The average molecular weight is 613 g/mol. The maximum atomic E-state index is 5.19. The molecule has 4 heteroatoms. The molecule has 0 aliphatic heterocycles. The first kappa shape index (κ1) is 26.7. The molecule has 224 valence electrons. The van der Waals surface area contributed by atoms with Crippen molar-refractivity contribution in [3.05, 3.63) is 170 Å². The van der Waals surface area contributed by atoms with E-state index in [-0.39, 0.29) is 0 Å². The Morgan fingerprint density at radius 1 is 0.375 bits per heavy atom. The molecule has 0 N–H and O–H groups in total. The molecule has 10 rings (SSSR count). The van der Waals surface area contributed by atoms with Crippen molar-refractivity contribution in [2.45, 2.75) is 0 Å². The second kappa shape index (κ2) is 10.5. The summed E-state index contributed by atoms with van der Waals surface area (Å²) in [5.74, 6) is 0.717. The van der Waals surface area contributed by atoms with Gasteiger partial charge in [0.1, 0.15) is 0 Å². The van der Waals surface area contributed by atoms with E-state index in [1.54, 1.807) is 0 Å². The molecule has 0 atom stereocenters. The number of para-hydroxylation sites is 3. The topological polar surface area (TPSA) is 35.6 Å². The van der Waals surface area contributed by atoms with Crippen LogP contribution >= 0.6 is 0 Å². The molecule has 3 heterocycles. The summed E-state index contributed by atoms with van der Waals surface area (Å²) >= 11 is 0. The third kappa shape index (κ3) is 3.96. The normalized spacial score (nSPS) is 11.8. The highest BCUT2D eigenvalue weighted by atomic mass is 15.0. The Balaban J connectivity index is 1.32. The van der Waals surface area contributed by atoms with Crippen LogP contribution in [0.4, 0.5) is 0 Å². The molecule has 3 aromatic heterocycles. The number of rotatable bonds is 4. The average Bonchev–Trinajstić information content (AvgIpc) is 3.68. The summed E-state index contributed by atoms with van der Waals surface area (Å²) in [6.45, 7) is 0. The number of nitrogens with zero attached hydrogens (tertiary/aromatic N) is 4. The Hall–Kier alpha value is -6.52. The van der Waals surface area contributed by atoms with E-state index in [2.05, 4.69) is 155 Å². The van der Waals surface area contributed by atoms with Crippen molar-refractivity contribution in [1.82, 2.24) is 19.1 Å². The number of fused-ring (bicyclic) bond motifs is 8. The second-order valence-electron chi connectivity index (χ2n) is 12.2. The first-order valence-corrected chi connectivity index (χ1v) is 16.3. The molecular weight excluding hydrogens is 585 g/mol. The van der Waals surface area contributed by atoms with Crippen LogP contribution in [-0.4, -0.2) is 19.1 Å². The van der Waals surface area contributed by atoms with Crippen molar-refractivity contribution in [3.8, 4) is 34.0 Å². The third-order valence-corrected chi connectivity index (χ3v) is 9.50. The quantitative estimate of drug-likeness (QED) is 0.198. The molecule has 4 nitrogen and oxygen atoms in total. The molecule has 0 fully saturated rings. The Bertz CT molecular complexity index is 2810. The number of hydrogen-bond acceptors (Lipinski definition) is 2. The lowest BCUT2D eigenvalue weighted by molar-refractivity contribution is 1.17. The molecule has 0 saturated heterocycles. The molecule has 7 aromatic carbocycles. The van der Waals surface area contributed by atoms with E-state index < -0.39 is 0 Å². The Kier molecular flexibility index (Phi) is 5.84. The summed E-state index contributed by atoms with van der Waals surface area (Å²) < 4.78 is 4.82. The lowest BCUT2D eigenvalue weighted by Gasteiger charge is -2.13. The van der Waals surface area contributed by atoms with Crippen molar-refractivity contribution in [2.24, 2.45) is 0 Å². The fourth-order valence-electron chi connectivity index (χ4n) is 7.42. The maximum Gasteiger partial charge on any atom is 0.160 e. The molecule has 0 spiro atoms. The van der Waals surface area contributed by atoms with Crippen LogP contribution in [0.3, 0.4) is 0 Å². The first-order chi connectivity index (χ1) is 23.8. The third-order valence-electron chi connectivity index (χ3n) is 9.50. The van der Waals surface area contributed by atoms with Gasteiger partial charge in [-0.15, -0.1) is 0 Å². The number of hydrogen-bond donors (Lipinski definition) is 0. The molecule has 0 amide bonds. The molecule has 0 bridgehead atoms. The zero-order valence-corrected chi connectivity index (χ0v) is 26.0. The van der Waals surface area contributed by atoms with Gasteiger partial charge in [0.15, 0.2) is 5.82 Å². The largest absolute Gasteiger partial charge is 0.309 e. The number of aromatic nitrogens is 4. The van der Waals surface area contributed by atoms with E-state index in [0.717, 1.165) is 50.4 Å². The molecule has 0 radical (unpaired) electrons. The summed E-state index contributed by atoms with van der Waals surface area (Å²) in [4.78, 5) is 10.3. The SMILES string of the molecule is c1ccc(-c2nc(-c3ccccc3)c3ccc(-n4c5ccccc5c5ccc6c(c7ccccc7n6-c6ccccc6)c54)cc3n2)cc1. The first-order valence-electron chi connectivity index (χ1n) is 16.3. The van der Waals surface area contributed by atoms with Crippen LogP contribution in [0.1, 0.15) is 0 Å². The van der Waals surface area contributed by atoms with Crippen LogP contribution in [-0.2, 0) is 0 Å². The molecule has 10 aromatic rings. The van der Waals surface area contributed by atoms with Crippen molar-refractivity contribution in [2.75, 3.05) is 0 Å². The van der Waals surface area contributed by atoms with Gasteiger partial charge in [0, 0.05) is 49.4 Å². The fraction of sp³-hybridized carbons (Fsp3) is 0. The predicted molar refractivity (Wildman–Crippen MR) is 199 cm³/mol. The fourth-order valence-corrected chi connectivity index (χ4v) is 7.42. The summed E-state index contributed by atoms with van der Waals surface area (Å²) in [7, 11) is 0.